The summed E-state index contributed by atoms with van der Waals surface area (Å²) < 4.78 is 6.28. The van der Waals surface area contributed by atoms with Gasteiger partial charge in [-0.05, 0) is 111 Å². The number of anilines is 4. The van der Waals surface area contributed by atoms with Crippen molar-refractivity contribution in [2.75, 3.05) is 30.1 Å². The lowest BCUT2D eigenvalue weighted by molar-refractivity contribution is -0.120. The van der Waals surface area contributed by atoms with Gasteiger partial charge in [-0.3, -0.25) is 19.0 Å². The van der Waals surface area contributed by atoms with Crippen LogP contribution in [0.1, 0.15) is 80.0 Å². The van der Waals surface area contributed by atoms with Gasteiger partial charge < -0.3 is 15.5 Å². The first kappa shape index (κ1) is 36.4. The van der Waals surface area contributed by atoms with Crippen LogP contribution in [-0.4, -0.2) is 61.6 Å². The number of carbonyl (C=O) groups excluding carboxylic acids is 2. The van der Waals surface area contributed by atoms with E-state index in [1.54, 1.807) is 18.4 Å². The lowest BCUT2D eigenvalue weighted by atomic mass is 9.75. The number of hydrogen-bond acceptors (Lipinski definition) is 11. The van der Waals surface area contributed by atoms with Crippen molar-refractivity contribution in [3.8, 4) is 11.1 Å². The van der Waals surface area contributed by atoms with Gasteiger partial charge in [-0.25, -0.2) is 9.97 Å². The Kier molecular flexibility index (Phi) is 9.84. The van der Waals surface area contributed by atoms with Crippen LogP contribution in [0.5, 0.6) is 0 Å². The van der Waals surface area contributed by atoms with Crippen LogP contribution in [0, 0.1) is 36.5 Å². The summed E-state index contributed by atoms with van der Waals surface area (Å²) in [6.45, 7) is 7.40. The molecule has 0 bridgehead atoms. The number of para-hydroxylation sites is 1. The maximum atomic E-state index is 13.9. The highest BCUT2D eigenvalue weighted by Gasteiger charge is 2.73. The molecule has 282 valence electrons. The molecule has 2 atom stereocenters. The minimum absolute atomic E-state index is 0.0527. The second kappa shape index (κ2) is 14.6. The molecule has 12 nitrogen and oxygen atoms in total. The van der Waals surface area contributed by atoms with Crippen molar-refractivity contribution < 1.29 is 9.59 Å². The van der Waals surface area contributed by atoms with Gasteiger partial charge in [-0.15, -0.1) is 10.2 Å². The summed E-state index contributed by atoms with van der Waals surface area (Å²) in [5.41, 5.74) is 5.82. The Morgan fingerprint density at radius 1 is 0.981 bits per heavy atom. The molecule has 0 radical (unpaired) electrons. The number of thiazole rings is 1. The van der Waals surface area contributed by atoms with Crippen molar-refractivity contribution in [1.29, 1.82) is 0 Å². The Balaban J connectivity index is 1.01. The van der Waals surface area contributed by atoms with Gasteiger partial charge in [0.25, 0.3) is 5.91 Å². The minimum atomic E-state index is -0.265. The molecule has 8 rings (SSSR count). The predicted molar refractivity (Wildman–Crippen MR) is 216 cm³/mol. The molecule has 3 saturated carbocycles. The number of nitrogens with zero attached hydrogens (tertiary/aromatic N) is 7. The quantitative estimate of drug-likeness (QED) is 0.0710. The number of pyridine rings is 1. The topological polar surface area (TPSA) is 143 Å². The van der Waals surface area contributed by atoms with E-state index in [9.17, 15) is 9.59 Å². The largest absolute Gasteiger partial charge is 0.359 e. The van der Waals surface area contributed by atoms with Gasteiger partial charge in [0.2, 0.25) is 5.91 Å². The van der Waals surface area contributed by atoms with E-state index >= 15 is 0 Å². The average molecular weight is 765 g/mol. The monoisotopic (exact) mass is 764 g/mol. The zero-order valence-corrected chi connectivity index (χ0v) is 33.2. The molecule has 3 aliphatic carbocycles. The number of rotatable bonds is 15. The van der Waals surface area contributed by atoms with E-state index in [-0.39, 0.29) is 17.2 Å². The Morgan fingerprint density at radius 3 is 2.54 bits per heavy atom. The van der Waals surface area contributed by atoms with E-state index < -0.39 is 0 Å². The van der Waals surface area contributed by atoms with Crippen molar-refractivity contribution in [1.82, 2.24) is 40.0 Å². The van der Waals surface area contributed by atoms with Crippen molar-refractivity contribution in [3.05, 3.63) is 65.6 Å². The van der Waals surface area contributed by atoms with E-state index in [0.29, 0.717) is 29.6 Å². The second-order valence-corrected chi connectivity index (χ2v) is 17.7. The smallest absolute Gasteiger partial charge is 0.280 e. The number of aromatic nitrogens is 6. The lowest BCUT2D eigenvalue weighted by Crippen LogP contribution is -2.29. The number of benzene rings is 1. The molecule has 5 aromatic rings. The number of amides is 2. The zero-order chi connectivity index (χ0) is 37.6. The van der Waals surface area contributed by atoms with Crippen molar-refractivity contribution in [2.24, 2.45) is 22.7 Å². The maximum absolute atomic E-state index is 13.9. The van der Waals surface area contributed by atoms with Gasteiger partial charge in [0.05, 0.1) is 16.4 Å². The Morgan fingerprint density at radius 2 is 1.78 bits per heavy atom. The van der Waals surface area contributed by atoms with Crippen LogP contribution in [0.2, 0.25) is 0 Å². The first-order valence-corrected chi connectivity index (χ1v) is 20.7. The van der Waals surface area contributed by atoms with E-state index in [4.69, 9.17) is 10.1 Å². The fraction of sp³-hybridized carbons (Fsp3) is 0.475. The SMILES string of the molecule is CNC(=O)CCCCCSNC(=O)c1nc(N(C)c2cc(C)c(Nc3nc4ccccc4s3)nn2)ccc1-c1cnn(CC2(C)CC3CC34CC4C2)c1C. The zero-order valence-electron chi connectivity index (χ0n) is 31.6. The number of aryl methyl sites for hydroxylation is 1. The first-order chi connectivity index (χ1) is 26.1. The number of unbranched alkanes of at least 4 members (excludes halogenated alkanes) is 2. The van der Waals surface area contributed by atoms with Crippen LogP contribution >= 0.6 is 23.3 Å². The number of hydrogen-bond donors (Lipinski definition) is 3. The number of nitrogens with one attached hydrogen (secondary N) is 3. The maximum Gasteiger partial charge on any atom is 0.280 e. The second-order valence-electron chi connectivity index (χ2n) is 15.8. The summed E-state index contributed by atoms with van der Waals surface area (Å²) in [5.74, 6) is 4.11. The van der Waals surface area contributed by atoms with Crippen LogP contribution in [0.15, 0.2) is 48.7 Å². The molecule has 3 fully saturated rings. The standard InChI is InChI=1S/C40H48N10O2S2/c1-24-17-33(46-47-36(24)45-38-43-30-11-8-9-12-31(30)54-38)49(5)32-15-14-28(35(44-32)37(52)48-53-16-10-6-7-13-34(51)41-4)29-22-42-50(25(29)2)23-39(3)18-26-20-40(26)21-27(40)19-39/h8-9,11-12,14-15,17,22,26-27H,6-7,10,13,16,18-21,23H2,1-5H3,(H,41,51)(H,48,52)(H,43,45,47). The third-order valence-corrected chi connectivity index (χ3v) is 13.6. The predicted octanol–water partition coefficient (Wildman–Crippen LogP) is 7.98. The van der Waals surface area contributed by atoms with Gasteiger partial charge in [0.1, 0.15) is 11.5 Å². The Bertz CT molecular complexity index is 2160. The minimum Gasteiger partial charge on any atom is -0.359 e. The third-order valence-electron chi connectivity index (χ3n) is 11.8. The lowest BCUT2D eigenvalue weighted by Gasteiger charge is -2.33. The molecule has 4 aromatic heterocycles. The summed E-state index contributed by atoms with van der Waals surface area (Å²) in [4.78, 5) is 37.0. The average Bonchev–Trinajstić information content (AvgIpc) is 3.94. The van der Waals surface area contributed by atoms with Gasteiger partial charge in [0, 0.05) is 49.6 Å². The van der Waals surface area contributed by atoms with E-state index in [1.807, 2.05) is 67.5 Å². The Labute approximate surface area is 324 Å². The molecule has 14 heteroatoms. The molecule has 3 N–H and O–H groups in total. The normalized spacial score (nSPS) is 22.3. The van der Waals surface area contributed by atoms with Crippen LogP contribution in [0.3, 0.4) is 0 Å². The fourth-order valence-corrected chi connectivity index (χ4v) is 10.1. The van der Waals surface area contributed by atoms with Crippen molar-refractivity contribution in [3.63, 3.8) is 0 Å². The van der Waals surface area contributed by atoms with Gasteiger partial charge >= 0.3 is 0 Å². The molecule has 54 heavy (non-hydrogen) atoms. The summed E-state index contributed by atoms with van der Waals surface area (Å²) in [5, 5.41) is 20.6. The summed E-state index contributed by atoms with van der Waals surface area (Å²) in [6, 6.07) is 13.9. The molecule has 0 saturated heterocycles. The van der Waals surface area contributed by atoms with Gasteiger partial charge in [0.15, 0.2) is 16.8 Å². The van der Waals surface area contributed by atoms with Crippen molar-refractivity contribution in [2.45, 2.75) is 78.7 Å². The molecule has 0 aliphatic heterocycles. The summed E-state index contributed by atoms with van der Waals surface area (Å²) in [7, 11) is 3.54. The highest BCUT2D eigenvalue weighted by molar-refractivity contribution is 7.97. The van der Waals surface area contributed by atoms with Crippen LogP contribution in [-0.2, 0) is 11.3 Å². The molecular weight excluding hydrogens is 717 g/mol. The highest BCUT2D eigenvalue weighted by atomic mass is 32.2. The van der Waals surface area contributed by atoms with Crippen LogP contribution < -0.4 is 20.3 Å². The van der Waals surface area contributed by atoms with Crippen molar-refractivity contribution >= 4 is 67.9 Å². The van der Waals surface area contributed by atoms with Crippen LogP contribution in [0.4, 0.5) is 22.6 Å². The third kappa shape index (κ3) is 7.29. The van der Waals surface area contributed by atoms with Crippen LogP contribution in [0.25, 0.3) is 21.3 Å². The molecule has 2 amide bonds. The molecule has 4 heterocycles. The molecule has 1 spiro atoms. The fourth-order valence-electron chi connectivity index (χ4n) is 8.59. The highest BCUT2D eigenvalue weighted by Crippen LogP contribution is 2.81. The number of fused-ring (bicyclic) bond motifs is 1. The van der Waals surface area contributed by atoms with E-state index in [1.165, 1.54) is 37.6 Å². The Hall–Kier alpha value is -4.56. The number of carbonyl (C=O) groups is 2. The molecular formula is C40H48N10O2S2. The van der Waals surface area contributed by atoms with Gasteiger partial charge in [-0.2, -0.15) is 5.10 Å². The molecule has 2 unspecified atom stereocenters. The van der Waals surface area contributed by atoms with E-state index in [0.717, 1.165) is 86.5 Å². The first-order valence-electron chi connectivity index (χ1n) is 18.9. The summed E-state index contributed by atoms with van der Waals surface area (Å²) >= 11 is 2.94. The molecule has 1 aromatic carbocycles. The van der Waals surface area contributed by atoms with Gasteiger partial charge in [-0.1, -0.05) is 48.8 Å². The molecule has 3 aliphatic rings. The van der Waals surface area contributed by atoms with E-state index in [2.05, 4.69) is 49.1 Å². The summed E-state index contributed by atoms with van der Waals surface area (Å²) in [6.07, 6.45) is 10.4.